The van der Waals surface area contributed by atoms with Crippen LogP contribution in [0.3, 0.4) is 0 Å². The lowest BCUT2D eigenvalue weighted by atomic mass is 10.2. The van der Waals surface area contributed by atoms with Crippen molar-refractivity contribution >= 4 is 34.9 Å². The third-order valence-corrected chi connectivity index (χ3v) is 5.79. The molecular formula is C21H22N4O5S. The van der Waals surface area contributed by atoms with Gasteiger partial charge in [-0.05, 0) is 55.4 Å². The Hall–Kier alpha value is -3.27. The molecule has 162 valence electrons. The summed E-state index contributed by atoms with van der Waals surface area (Å²) in [7, 11) is 0. The summed E-state index contributed by atoms with van der Waals surface area (Å²) in [5.74, 6) is 0.731. The third kappa shape index (κ3) is 4.74. The molecule has 1 aromatic carbocycles. The van der Waals surface area contributed by atoms with E-state index in [2.05, 4.69) is 10.4 Å². The molecule has 3 heterocycles. The number of aromatic nitrogens is 2. The van der Waals surface area contributed by atoms with E-state index in [-0.39, 0.29) is 43.4 Å². The molecule has 1 fully saturated rings. The van der Waals surface area contributed by atoms with Gasteiger partial charge >= 0.3 is 0 Å². The highest BCUT2D eigenvalue weighted by atomic mass is 32.2. The smallest absolute Gasteiger partial charge is 0.293 e. The van der Waals surface area contributed by atoms with Crippen molar-refractivity contribution in [1.29, 1.82) is 0 Å². The van der Waals surface area contributed by atoms with Crippen LogP contribution in [0.25, 0.3) is 6.08 Å². The first-order valence-electron chi connectivity index (χ1n) is 9.83. The van der Waals surface area contributed by atoms with Gasteiger partial charge in [-0.2, -0.15) is 5.10 Å². The predicted octanol–water partition coefficient (Wildman–Crippen LogP) is 2.47. The number of nitrogens with one attached hydrogen (secondary N) is 1. The van der Waals surface area contributed by atoms with Crippen molar-refractivity contribution in [2.75, 3.05) is 19.9 Å². The number of benzene rings is 1. The van der Waals surface area contributed by atoms with Gasteiger partial charge in [0.15, 0.2) is 11.5 Å². The van der Waals surface area contributed by atoms with E-state index in [0.717, 1.165) is 33.6 Å². The Bertz CT molecular complexity index is 1080. The molecule has 10 heteroatoms. The third-order valence-electron chi connectivity index (χ3n) is 4.88. The summed E-state index contributed by atoms with van der Waals surface area (Å²) in [5.41, 5.74) is 2.65. The highest BCUT2D eigenvalue weighted by Crippen LogP contribution is 2.36. The van der Waals surface area contributed by atoms with E-state index >= 15 is 0 Å². The number of fused-ring (bicyclic) bond motifs is 1. The molecule has 1 saturated heterocycles. The number of hydrogen-bond donors (Lipinski definition) is 1. The van der Waals surface area contributed by atoms with Gasteiger partial charge in [0.25, 0.3) is 11.1 Å². The molecule has 2 aliphatic heterocycles. The monoisotopic (exact) mass is 442 g/mol. The van der Waals surface area contributed by atoms with Crippen LogP contribution in [0.1, 0.15) is 23.4 Å². The van der Waals surface area contributed by atoms with Gasteiger partial charge in [-0.25, -0.2) is 0 Å². The normalized spacial score (nSPS) is 16.5. The highest BCUT2D eigenvalue weighted by molar-refractivity contribution is 8.18. The SMILES string of the molecule is Cc1cc(C)n(CCC(=O)NCCN2C(=O)SC(=Cc3ccc4c(c3)OCO4)C2=O)n1. The molecular weight excluding hydrogens is 420 g/mol. The molecule has 0 aliphatic carbocycles. The van der Waals surface area contributed by atoms with Gasteiger partial charge in [0, 0.05) is 31.7 Å². The van der Waals surface area contributed by atoms with Crippen molar-refractivity contribution in [2.45, 2.75) is 26.8 Å². The van der Waals surface area contributed by atoms with Crippen LogP contribution in [0.2, 0.25) is 0 Å². The lowest BCUT2D eigenvalue weighted by Crippen LogP contribution is -2.37. The van der Waals surface area contributed by atoms with Crippen LogP contribution in [0, 0.1) is 13.8 Å². The van der Waals surface area contributed by atoms with Crippen LogP contribution in [0.4, 0.5) is 4.79 Å². The molecule has 3 amide bonds. The van der Waals surface area contributed by atoms with Gasteiger partial charge in [0.05, 0.1) is 10.6 Å². The molecule has 2 aliphatic rings. The molecule has 0 radical (unpaired) electrons. The van der Waals surface area contributed by atoms with Gasteiger partial charge in [-0.15, -0.1) is 0 Å². The Kier molecular flexibility index (Phi) is 5.99. The molecule has 0 bridgehead atoms. The van der Waals surface area contributed by atoms with Crippen molar-refractivity contribution < 1.29 is 23.9 Å². The second-order valence-corrected chi connectivity index (χ2v) is 8.19. The van der Waals surface area contributed by atoms with Crippen molar-refractivity contribution in [3.05, 3.63) is 46.1 Å². The van der Waals surface area contributed by atoms with Crippen molar-refractivity contribution in [1.82, 2.24) is 20.0 Å². The number of aryl methyl sites for hydroxylation is 3. The summed E-state index contributed by atoms with van der Waals surface area (Å²) in [6.45, 7) is 4.81. The number of amides is 3. The Labute approximate surface area is 183 Å². The fourth-order valence-electron chi connectivity index (χ4n) is 3.35. The van der Waals surface area contributed by atoms with Crippen LogP contribution < -0.4 is 14.8 Å². The Balaban J connectivity index is 1.28. The first-order chi connectivity index (χ1) is 14.9. The summed E-state index contributed by atoms with van der Waals surface area (Å²) in [6, 6.07) is 7.28. The van der Waals surface area contributed by atoms with Crippen LogP contribution in [0.5, 0.6) is 11.5 Å². The highest BCUT2D eigenvalue weighted by Gasteiger charge is 2.34. The number of ether oxygens (including phenoxy) is 2. The molecule has 31 heavy (non-hydrogen) atoms. The fraction of sp³-hybridized carbons (Fsp3) is 0.333. The van der Waals surface area contributed by atoms with Gasteiger partial charge in [0.1, 0.15) is 0 Å². The molecule has 2 aromatic rings. The zero-order valence-electron chi connectivity index (χ0n) is 17.2. The van der Waals surface area contributed by atoms with Crippen molar-refractivity contribution in [2.24, 2.45) is 0 Å². The summed E-state index contributed by atoms with van der Waals surface area (Å²) >= 11 is 0.882. The number of carbonyl (C=O) groups excluding carboxylic acids is 3. The molecule has 0 spiro atoms. The zero-order chi connectivity index (χ0) is 22.0. The molecule has 1 N–H and O–H groups in total. The summed E-state index contributed by atoms with van der Waals surface area (Å²) in [5, 5.41) is 6.72. The van der Waals surface area contributed by atoms with Crippen molar-refractivity contribution in [3.63, 3.8) is 0 Å². The minimum absolute atomic E-state index is 0.120. The van der Waals surface area contributed by atoms with Crippen LogP contribution in [-0.2, 0) is 16.1 Å². The van der Waals surface area contributed by atoms with Crippen LogP contribution in [0.15, 0.2) is 29.2 Å². The topological polar surface area (TPSA) is 103 Å². The second kappa shape index (κ2) is 8.84. The first kappa shape index (κ1) is 21.0. The molecule has 9 nitrogen and oxygen atoms in total. The number of carbonyl (C=O) groups is 3. The molecule has 0 unspecified atom stereocenters. The quantitative estimate of drug-likeness (QED) is 0.657. The Morgan fingerprint density at radius 2 is 2.00 bits per heavy atom. The van der Waals surface area contributed by atoms with Gasteiger partial charge in [0.2, 0.25) is 12.7 Å². The maximum absolute atomic E-state index is 12.6. The van der Waals surface area contributed by atoms with Gasteiger partial charge in [-0.3, -0.25) is 24.0 Å². The maximum Gasteiger partial charge on any atom is 0.293 e. The minimum atomic E-state index is -0.371. The summed E-state index contributed by atoms with van der Waals surface area (Å²) < 4.78 is 12.4. The van der Waals surface area contributed by atoms with E-state index in [1.165, 1.54) is 0 Å². The van der Waals surface area contributed by atoms with E-state index in [4.69, 9.17) is 9.47 Å². The number of imide groups is 1. The van der Waals surface area contributed by atoms with Gasteiger partial charge in [-0.1, -0.05) is 6.07 Å². The van der Waals surface area contributed by atoms with E-state index in [0.29, 0.717) is 22.9 Å². The largest absolute Gasteiger partial charge is 0.454 e. The minimum Gasteiger partial charge on any atom is -0.454 e. The standard InChI is InChI=1S/C21H22N4O5S/c1-13-9-14(2)25(23-13)7-5-19(26)22-6-8-24-20(27)18(31-21(24)28)11-15-3-4-16-17(10-15)30-12-29-16/h3-4,9-11H,5-8,12H2,1-2H3,(H,22,26). The van der Waals surface area contributed by atoms with E-state index in [1.54, 1.807) is 29.0 Å². The van der Waals surface area contributed by atoms with E-state index in [9.17, 15) is 14.4 Å². The van der Waals surface area contributed by atoms with E-state index in [1.807, 2.05) is 19.9 Å². The van der Waals surface area contributed by atoms with Crippen LogP contribution >= 0.6 is 11.8 Å². The molecule has 1 aromatic heterocycles. The molecule has 0 atom stereocenters. The number of nitrogens with zero attached hydrogens (tertiary/aromatic N) is 3. The average molecular weight is 442 g/mol. The van der Waals surface area contributed by atoms with Gasteiger partial charge < -0.3 is 14.8 Å². The summed E-state index contributed by atoms with van der Waals surface area (Å²) in [4.78, 5) is 38.4. The lowest BCUT2D eigenvalue weighted by Gasteiger charge is -2.13. The zero-order valence-corrected chi connectivity index (χ0v) is 18.0. The lowest BCUT2D eigenvalue weighted by molar-refractivity contribution is -0.124. The van der Waals surface area contributed by atoms with Crippen LogP contribution in [-0.4, -0.2) is 51.6 Å². The van der Waals surface area contributed by atoms with E-state index < -0.39 is 0 Å². The predicted molar refractivity (Wildman–Crippen MR) is 115 cm³/mol. The number of thioether (sulfide) groups is 1. The summed E-state index contributed by atoms with van der Waals surface area (Å²) in [6.07, 6.45) is 1.92. The fourth-order valence-corrected chi connectivity index (χ4v) is 4.22. The molecule has 4 rings (SSSR count). The number of rotatable bonds is 7. The second-order valence-electron chi connectivity index (χ2n) is 7.20. The first-order valence-corrected chi connectivity index (χ1v) is 10.6. The average Bonchev–Trinajstić information content (AvgIpc) is 3.39. The number of hydrogen-bond acceptors (Lipinski definition) is 7. The maximum atomic E-state index is 12.6. The Morgan fingerprint density at radius 1 is 1.19 bits per heavy atom. The molecule has 0 saturated carbocycles. The Morgan fingerprint density at radius 3 is 2.77 bits per heavy atom. The van der Waals surface area contributed by atoms with Crippen molar-refractivity contribution in [3.8, 4) is 11.5 Å².